The zero-order valence-electron chi connectivity index (χ0n) is 9.59. The predicted octanol–water partition coefficient (Wildman–Crippen LogP) is 1.49. The molecule has 104 valence electrons. The standard InChI is InChI=1S/C10H15F3N2O3/c11-10(12,13)5-14-8(16)6-3-1-2-4-7(6)15-9(17)18/h6-7,15H,1-5H2,(H,14,16)(H,17,18)/t6-,7+/m0/s1. The van der Waals surface area contributed by atoms with E-state index in [2.05, 4.69) is 5.32 Å². The third-order valence-electron chi connectivity index (χ3n) is 2.87. The van der Waals surface area contributed by atoms with E-state index in [1.807, 2.05) is 0 Å². The van der Waals surface area contributed by atoms with Gasteiger partial charge >= 0.3 is 12.3 Å². The summed E-state index contributed by atoms with van der Waals surface area (Å²) in [7, 11) is 0. The Bertz CT molecular complexity index is 320. The molecule has 18 heavy (non-hydrogen) atoms. The lowest BCUT2D eigenvalue weighted by Crippen LogP contribution is -2.49. The second kappa shape index (κ2) is 5.92. The van der Waals surface area contributed by atoms with Crippen LogP contribution >= 0.6 is 0 Å². The van der Waals surface area contributed by atoms with Crippen LogP contribution in [0.3, 0.4) is 0 Å². The van der Waals surface area contributed by atoms with Crippen LogP contribution < -0.4 is 10.6 Å². The Morgan fingerprint density at radius 2 is 1.83 bits per heavy atom. The Morgan fingerprint density at radius 3 is 2.39 bits per heavy atom. The van der Waals surface area contributed by atoms with Crippen LogP contribution in [0.15, 0.2) is 0 Å². The molecule has 3 N–H and O–H groups in total. The summed E-state index contributed by atoms with van der Waals surface area (Å²) in [6, 6.07) is -0.607. The van der Waals surface area contributed by atoms with Gasteiger partial charge in [-0.25, -0.2) is 4.79 Å². The normalized spacial score (nSPS) is 24.4. The molecule has 0 saturated heterocycles. The molecule has 0 unspecified atom stereocenters. The molecule has 0 spiro atoms. The van der Waals surface area contributed by atoms with Crippen molar-refractivity contribution < 1.29 is 27.9 Å². The first-order valence-electron chi connectivity index (χ1n) is 5.63. The SMILES string of the molecule is O=C(O)N[C@@H]1CCCC[C@@H]1C(=O)NCC(F)(F)F. The number of rotatable bonds is 3. The summed E-state index contributed by atoms with van der Waals surface area (Å²) in [6.45, 7) is -1.39. The first kappa shape index (κ1) is 14.6. The lowest BCUT2D eigenvalue weighted by molar-refractivity contribution is -0.141. The van der Waals surface area contributed by atoms with E-state index < -0.39 is 36.7 Å². The molecule has 2 amide bonds. The van der Waals surface area contributed by atoms with Crippen LogP contribution in [0.2, 0.25) is 0 Å². The second-order valence-corrected chi connectivity index (χ2v) is 4.28. The molecule has 1 fully saturated rings. The number of halogens is 3. The molecule has 0 radical (unpaired) electrons. The predicted molar refractivity (Wildman–Crippen MR) is 56.0 cm³/mol. The first-order valence-corrected chi connectivity index (χ1v) is 5.63. The Labute approximate surface area is 102 Å². The monoisotopic (exact) mass is 268 g/mol. The molecular formula is C10H15F3N2O3. The van der Waals surface area contributed by atoms with Gasteiger partial charge in [-0.3, -0.25) is 4.79 Å². The van der Waals surface area contributed by atoms with E-state index in [1.54, 1.807) is 5.32 Å². The molecule has 0 aromatic carbocycles. The molecule has 0 aliphatic heterocycles. The highest BCUT2D eigenvalue weighted by atomic mass is 19.4. The van der Waals surface area contributed by atoms with E-state index >= 15 is 0 Å². The maximum Gasteiger partial charge on any atom is 0.405 e. The average molecular weight is 268 g/mol. The molecule has 8 heteroatoms. The van der Waals surface area contributed by atoms with E-state index in [9.17, 15) is 22.8 Å². The molecule has 0 bridgehead atoms. The van der Waals surface area contributed by atoms with Gasteiger partial charge in [0.2, 0.25) is 5.91 Å². The highest BCUT2D eigenvalue weighted by molar-refractivity contribution is 5.80. The minimum atomic E-state index is -4.46. The van der Waals surface area contributed by atoms with Crippen LogP contribution in [0.5, 0.6) is 0 Å². The van der Waals surface area contributed by atoms with Crippen LogP contribution in [0.1, 0.15) is 25.7 Å². The van der Waals surface area contributed by atoms with Gasteiger partial charge in [-0.15, -0.1) is 0 Å². The van der Waals surface area contributed by atoms with Crippen molar-refractivity contribution in [2.45, 2.75) is 37.9 Å². The number of amides is 2. The molecule has 1 rings (SSSR count). The lowest BCUT2D eigenvalue weighted by Gasteiger charge is -2.30. The third kappa shape index (κ3) is 4.80. The maximum atomic E-state index is 12.0. The highest BCUT2D eigenvalue weighted by Gasteiger charge is 2.34. The van der Waals surface area contributed by atoms with Crippen molar-refractivity contribution in [3.8, 4) is 0 Å². The summed E-state index contributed by atoms with van der Waals surface area (Å²) in [6.07, 6.45) is -3.39. The molecule has 1 aliphatic carbocycles. The Kier molecular flexibility index (Phi) is 4.80. The molecule has 5 nitrogen and oxygen atoms in total. The van der Waals surface area contributed by atoms with Gasteiger partial charge in [0.1, 0.15) is 6.54 Å². The topological polar surface area (TPSA) is 78.4 Å². The van der Waals surface area contributed by atoms with Gasteiger partial charge in [-0.2, -0.15) is 13.2 Å². The van der Waals surface area contributed by atoms with Gasteiger partial charge in [0.15, 0.2) is 0 Å². The maximum absolute atomic E-state index is 12.0. The summed E-state index contributed by atoms with van der Waals surface area (Å²) in [4.78, 5) is 22.1. The summed E-state index contributed by atoms with van der Waals surface area (Å²) < 4.78 is 35.9. The number of hydrogen-bond acceptors (Lipinski definition) is 2. The number of nitrogens with one attached hydrogen (secondary N) is 2. The Hall–Kier alpha value is -1.47. The van der Waals surface area contributed by atoms with Gasteiger partial charge in [0.25, 0.3) is 0 Å². The molecule has 1 aliphatic rings. The van der Waals surface area contributed by atoms with Crippen LogP contribution in [0, 0.1) is 5.92 Å². The average Bonchev–Trinajstić information content (AvgIpc) is 2.25. The summed E-state index contributed by atoms with van der Waals surface area (Å²) in [5.74, 6) is -1.47. The molecule has 1 saturated carbocycles. The van der Waals surface area contributed by atoms with Crippen molar-refractivity contribution in [3.63, 3.8) is 0 Å². The van der Waals surface area contributed by atoms with Crippen molar-refractivity contribution in [1.29, 1.82) is 0 Å². The largest absolute Gasteiger partial charge is 0.465 e. The molecular weight excluding hydrogens is 253 g/mol. The van der Waals surface area contributed by atoms with Gasteiger partial charge in [0, 0.05) is 6.04 Å². The van der Waals surface area contributed by atoms with Gasteiger partial charge in [-0.05, 0) is 12.8 Å². The zero-order chi connectivity index (χ0) is 13.8. The lowest BCUT2D eigenvalue weighted by atomic mass is 9.84. The van der Waals surface area contributed by atoms with E-state index in [0.717, 1.165) is 6.42 Å². The van der Waals surface area contributed by atoms with Crippen molar-refractivity contribution in [1.82, 2.24) is 10.6 Å². The number of alkyl halides is 3. The van der Waals surface area contributed by atoms with Crippen LogP contribution in [0.4, 0.5) is 18.0 Å². The van der Waals surface area contributed by atoms with Crippen LogP contribution in [-0.4, -0.2) is 35.9 Å². The fourth-order valence-corrected chi connectivity index (χ4v) is 2.09. The quantitative estimate of drug-likeness (QED) is 0.725. The van der Waals surface area contributed by atoms with Crippen molar-refractivity contribution >= 4 is 12.0 Å². The van der Waals surface area contributed by atoms with Crippen molar-refractivity contribution in [2.24, 2.45) is 5.92 Å². The number of carbonyl (C=O) groups is 2. The molecule has 0 heterocycles. The molecule has 2 atom stereocenters. The highest BCUT2D eigenvalue weighted by Crippen LogP contribution is 2.25. The third-order valence-corrected chi connectivity index (χ3v) is 2.87. The Morgan fingerprint density at radius 1 is 1.22 bits per heavy atom. The van der Waals surface area contributed by atoms with E-state index in [-0.39, 0.29) is 0 Å². The minimum Gasteiger partial charge on any atom is -0.465 e. The summed E-state index contributed by atoms with van der Waals surface area (Å²) in [5, 5.41) is 12.6. The van der Waals surface area contributed by atoms with Crippen LogP contribution in [0.25, 0.3) is 0 Å². The zero-order valence-corrected chi connectivity index (χ0v) is 9.59. The number of hydrogen-bond donors (Lipinski definition) is 3. The summed E-state index contributed by atoms with van der Waals surface area (Å²) >= 11 is 0. The summed E-state index contributed by atoms with van der Waals surface area (Å²) in [5.41, 5.74) is 0. The second-order valence-electron chi connectivity index (χ2n) is 4.28. The fourth-order valence-electron chi connectivity index (χ4n) is 2.09. The van der Waals surface area contributed by atoms with E-state index in [1.165, 1.54) is 0 Å². The van der Waals surface area contributed by atoms with Crippen molar-refractivity contribution in [3.05, 3.63) is 0 Å². The van der Waals surface area contributed by atoms with Gasteiger partial charge in [-0.1, -0.05) is 12.8 Å². The Balaban J connectivity index is 2.54. The van der Waals surface area contributed by atoms with Crippen LogP contribution in [-0.2, 0) is 4.79 Å². The number of carbonyl (C=O) groups excluding carboxylic acids is 1. The van der Waals surface area contributed by atoms with E-state index in [4.69, 9.17) is 5.11 Å². The van der Waals surface area contributed by atoms with E-state index in [0.29, 0.717) is 19.3 Å². The van der Waals surface area contributed by atoms with Crippen molar-refractivity contribution in [2.75, 3.05) is 6.54 Å². The number of carboxylic acid groups (broad SMARTS) is 1. The first-order chi connectivity index (χ1) is 8.29. The molecule has 0 aromatic heterocycles. The van der Waals surface area contributed by atoms with Gasteiger partial charge < -0.3 is 15.7 Å². The fraction of sp³-hybridized carbons (Fsp3) is 0.800. The smallest absolute Gasteiger partial charge is 0.405 e. The minimum absolute atomic E-state index is 0.397. The molecule has 0 aromatic rings. The van der Waals surface area contributed by atoms with Gasteiger partial charge in [0.05, 0.1) is 5.92 Å².